The zero-order valence-electron chi connectivity index (χ0n) is 12.6. The number of hydrogen-bond acceptors (Lipinski definition) is 5. The van der Waals surface area contributed by atoms with Gasteiger partial charge in [0.15, 0.2) is 0 Å². The Morgan fingerprint density at radius 2 is 2.18 bits per heavy atom. The first-order chi connectivity index (χ1) is 10.4. The van der Waals surface area contributed by atoms with Gasteiger partial charge in [-0.25, -0.2) is 4.98 Å². The third kappa shape index (κ3) is 3.33. The van der Waals surface area contributed by atoms with Crippen LogP contribution in [0.15, 0.2) is 12.3 Å². The second-order valence-corrected chi connectivity index (χ2v) is 5.32. The number of aromatic nitrogens is 1. The highest BCUT2D eigenvalue weighted by Gasteiger charge is 2.29. The summed E-state index contributed by atoms with van der Waals surface area (Å²) in [6.45, 7) is 4.70. The van der Waals surface area contributed by atoms with Crippen molar-refractivity contribution in [2.45, 2.75) is 19.9 Å². The summed E-state index contributed by atoms with van der Waals surface area (Å²) in [5.41, 5.74) is 6.75. The number of hydrogen-bond donors (Lipinski definition) is 2. The Morgan fingerprint density at radius 1 is 1.45 bits per heavy atom. The minimum atomic E-state index is -0.724. The van der Waals surface area contributed by atoms with Crippen LogP contribution in [0.4, 0.5) is 11.5 Å². The fourth-order valence-corrected chi connectivity index (χ4v) is 2.29. The van der Waals surface area contributed by atoms with Crippen molar-refractivity contribution >= 4 is 29.7 Å². The first kappa shape index (κ1) is 15.7. The lowest BCUT2D eigenvalue weighted by Gasteiger charge is -2.37. The topological polar surface area (TPSA) is 109 Å². The van der Waals surface area contributed by atoms with Gasteiger partial charge in [-0.15, -0.1) is 0 Å². The van der Waals surface area contributed by atoms with Crippen molar-refractivity contribution in [3.05, 3.63) is 17.8 Å². The molecule has 3 amide bonds. The summed E-state index contributed by atoms with van der Waals surface area (Å²) in [5.74, 6) is -0.965. The van der Waals surface area contributed by atoms with Crippen molar-refractivity contribution in [2.75, 3.05) is 30.7 Å². The van der Waals surface area contributed by atoms with Crippen molar-refractivity contribution in [1.82, 2.24) is 14.8 Å². The van der Waals surface area contributed by atoms with E-state index in [0.29, 0.717) is 31.1 Å². The predicted molar refractivity (Wildman–Crippen MR) is 80.8 cm³/mol. The fraction of sp³-hybridized carbons (Fsp3) is 0.429. The molecule has 1 atom stereocenters. The van der Waals surface area contributed by atoms with Crippen LogP contribution in [0.1, 0.15) is 12.5 Å². The first-order valence-electron chi connectivity index (χ1n) is 6.95. The second kappa shape index (κ2) is 6.42. The molecule has 2 heterocycles. The summed E-state index contributed by atoms with van der Waals surface area (Å²) in [5, 5.41) is 2.52. The van der Waals surface area contributed by atoms with Crippen molar-refractivity contribution in [3.63, 3.8) is 0 Å². The number of amides is 3. The van der Waals surface area contributed by atoms with E-state index in [1.54, 1.807) is 17.9 Å². The summed E-state index contributed by atoms with van der Waals surface area (Å²) in [6.07, 6.45) is 2.16. The summed E-state index contributed by atoms with van der Waals surface area (Å²) in [4.78, 5) is 42.0. The van der Waals surface area contributed by atoms with Crippen molar-refractivity contribution < 1.29 is 14.4 Å². The molecule has 2 rings (SSSR count). The molecule has 0 aliphatic carbocycles. The molecular weight excluding hydrogens is 286 g/mol. The molecule has 1 aromatic heterocycles. The van der Waals surface area contributed by atoms with Gasteiger partial charge in [-0.1, -0.05) is 0 Å². The van der Waals surface area contributed by atoms with Crippen LogP contribution in [-0.4, -0.2) is 58.7 Å². The van der Waals surface area contributed by atoms with E-state index >= 15 is 0 Å². The molecule has 1 saturated heterocycles. The zero-order chi connectivity index (χ0) is 16.3. The molecule has 8 heteroatoms. The monoisotopic (exact) mass is 305 g/mol. The highest BCUT2D eigenvalue weighted by Crippen LogP contribution is 2.14. The molecule has 1 aromatic rings. The van der Waals surface area contributed by atoms with E-state index in [0.717, 1.165) is 12.0 Å². The van der Waals surface area contributed by atoms with E-state index in [4.69, 9.17) is 5.73 Å². The van der Waals surface area contributed by atoms with Gasteiger partial charge in [0.05, 0.1) is 11.9 Å². The Balaban J connectivity index is 1.99. The molecule has 1 aliphatic heterocycles. The SMILES string of the molecule is Cc1cc(NC(=O)C(=O)N2CCN(C=O)C(C)C2)cnc1N. The Morgan fingerprint density at radius 3 is 2.77 bits per heavy atom. The van der Waals surface area contributed by atoms with Crippen LogP contribution in [-0.2, 0) is 14.4 Å². The lowest BCUT2D eigenvalue weighted by molar-refractivity contribution is -0.146. The number of nitrogens with one attached hydrogen (secondary N) is 1. The van der Waals surface area contributed by atoms with E-state index in [1.807, 2.05) is 6.92 Å². The van der Waals surface area contributed by atoms with E-state index in [-0.39, 0.29) is 6.04 Å². The third-order valence-electron chi connectivity index (χ3n) is 3.67. The van der Waals surface area contributed by atoms with Crippen LogP contribution in [0.3, 0.4) is 0 Å². The van der Waals surface area contributed by atoms with Gasteiger partial charge < -0.3 is 20.9 Å². The zero-order valence-corrected chi connectivity index (χ0v) is 12.6. The number of piperazine rings is 1. The normalized spacial score (nSPS) is 18.0. The molecule has 0 bridgehead atoms. The number of pyridine rings is 1. The van der Waals surface area contributed by atoms with E-state index < -0.39 is 11.8 Å². The Kier molecular flexibility index (Phi) is 4.59. The molecule has 0 spiro atoms. The Bertz CT molecular complexity index is 604. The number of nitrogens with two attached hydrogens (primary N) is 1. The van der Waals surface area contributed by atoms with Gasteiger partial charge in [-0.3, -0.25) is 14.4 Å². The smallest absolute Gasteiger partial charge is 0.313 e. The Labute approximate surface area is 128 Å². The molecule has 1 unspecified atom stereocenters. The summed E-state index contributed by atoms with van der Waals surface area (Å²) < 4.78 is 0. The van der Waals surface area contributed by atoms with Gasteiger partial charge in [0.25, 0.3) is 0 Å². The molecule has 118 valence electrons. The fourth-order valence-electron chi connectivity index (χ4n) is 2.29. The highest BCUT2D eigenvalue weighted by molar-refractivity contribution is 6.39. The van der Waals surface area contributed by atoms with Gasteiger partial charge >= 0.3 is 11.8 Å². The quantitative estimate of drug-likeness (QED) is 0.571. The molecular formula is C14H19N5O3. The number of nitrogens with zero attached hydrogens (tertiary/aromatic N) is 3. The Hall–Kier alpha value is -2.64. The number of carbonyl (C=O) groups is 3. The number of aryl methyl sites for hydroxylation is 1. The predicted octanol–water partition coefficient (Wildman–Crippen LogP) is -0.400. The number of carbonyl (C=O) groups excluding carboxylic acids is 3. The third-order valence-corrected chi connectivity index (χ3v) is 3.67. The second-order valence-electron chi connectivity index (χ2n) is 5.32. The maximum Gasteiger partial charge on any atom is 0.313 e. The summed E-state index contributed by atoms with van der Waals surface area (Å²) in [7, 11) is 0. The molecule has 22 heavy (non-hydrogen) atoms. The van der Waals surface area contributed by atoms with Crippen LogP contribution in [0, 0.1) is 6.92 Å². The molecule has 1 aliphatic rings. The van der Waals surface area contributed by atoms with Crippen molar-refractivity contribution in [2.24, 2.45) is 0 Å². The average molecular weight is 305 g/mol. The van der Waals surface area contributed by atoms with E-state index in [2.05, 4.69) is 10.3 Å². The van der Waals surface area contributed by atoms with Crippen LogP contribution in [0.25, 0.3) is 0 Å². The molecule has 0 saturated carbocycles. The maximum atomic E-state index is 12.2. The number of anilines is 2. The van der Waals surface area contributed by atoms with Gasteiger partial charge in [-0.05, 0) is 25.5 Å². The lowest BCUT2D eigenvalue weighted by Crippen LogP contribution is -2.55. The van der Waals surface area contributed by atoms with E-state index in [9.17, 15) is 14.4 Å². The van der Waals surface area contributed by atoms with Gasteiger partial charge in [0.2, 0.25) is 6.41 Å². The van der Waals surface area contributed by atoms with Crippen LogP contribution in [0.2, 0.25) is 0 Å². The van der Waals surface area contributed by atoms with Crippen molar-refractivity contribution in [3.8, 4) is 0 Å². The van der Waals surface area contributed by atoms with Crippen LogP contribution < -0.4 is 11.1 Å². The van der Waals surface area contributed by atoms with Gasteiger partial charge in [0, 0.05) is 25.7 Å². The summed E-state index contributed by atoms with van der Waals surface area (Å²) >= 11 is 0. The average Bonchev–Trinajstić information content (AvgIpc) is 2.50. The summed E-state index contributed by atoms with van der Waals surface area (Å²) in [6, 6.07) is 1.55. The van der Waals surface area contributed by atoms with Gasteiger partial charge in [-0.2, -0.15) is 0 Å². The van der Waals surface area contributed by atoms with Crippen LogP contribution in [0.5, 0.6) is 0 Å². The van der Waals surface area contributed by atoms with Crippen LogP contribution >= 0.6 is 0 Å². The maximum absolute atomic E-state index is 12.2. The molecule has 8 nitrogen and oxygen atoms in total. The molecule has 0 radical (unpaired) electrons. The lowest BCUT2D eigenvalue weighted by atomic mass is 10.2. The molecule has 0 aromatic carbocycles. The standard InChI is InChI=1S/C14H19N5O3/c1-9-5-11(6-16-12(9)15)17-13(21)14(22)18-3-4-19(8-20)10(2)7-18/h5-6,8,10H,3-4,7H2,1-2H3,(H2,15,16)(H,17,21). The number of nitrogen functional groups attached to an aromatic ring is 1. The minimum Gasteiger partial charge on any atom is -0.383 e. The molecule has 3 N–H and O–H groups in total. The first-order valence-corrected chi connectivity index (χ1v) is 6.95. The highest BCUT2D eigenvalue weighted by atomic mass is 16.2. The van der Waals surface area contributed by atoms with Crippen molar-refractivity contribution in [1.29, 1.82) is 0 Å². The largest absolute Gasteiger partial charge is 0.383 e. The van der Waals surface area contributed by atoms with Gasteiger partial charge in [0.1, 0.15) is 5.82 Å². The van der Waals surface area contributed by atoms with E-state index in [1.165, 1.54) is 11.1 Å². The minimum absolute atomic E-state index is 0.108. The number of rotatable bonds is 2. The molecule has 1 fully saturated rings.